The Labute approximate surface area is 157 Å². The van der Waals surface area contributed by atoms with Gasteiger partial charge in [0.25, 0.3) is 0 Å². The van der Waals surface area contributed by atoms with E-state index in [1.54, 1.807) is 0 Å². The van der Waals surface area contributed by atoms with Crippen molar-refractivity contribution in [1.82, 2.24) is 5.32 Å². The van der Waals surface area contributed by atoms with Crippen LogP contribution in [0.5, 0.6) is 0 Å². The minimum absolute atomic E-state index is 0.0364. The first-order valence-electron chi connectivity index (χ1n) is 9.38. The summed E-state index contributed by atoms with van der Waals surface area (Å²) < 4.78 is 26.3. The predicted octanol–water partition coefficient (Wildman–Crippen LogP) is 4.17. The second-order valence-electron chi connectivity index (χ2n) is 6.99. The summed E-state index contributed by atoms with van der Waals surface area (Å²) in [5.74, 6) is -1.54. The number of hydrogen-bond acceptors (Lipinski definition) is 2. The molecule has 27 heavy (non-hydrogen) atoms. The molecule has 1 aliphatic carbocycles. The van der Waals surface area contributed by atoms with Gasteiger partial charge in [-0.3, -0.25) is 9.59 Å². The van der Waals surface area contributed by atoms with E-state index in [1.807, 2.05) is 18.2 Å². The molecular formula is C22H23F2NO2. The summed E-state index contributed by atoms with van der Waals surface area (Å²) in [6.45, 7) is 0.273. The van der Waals surface area contributed by atoms with Crippen LogP contribution in [0.1, 0.15) is 52.7 Å². The van der Waals surface area contributed by atoms with Crippen LogP contribution in [0.25, 0.3) is 0 Å². The normalized spacial score (nSPS) is 13.1. The lowest BCUT2D eigenvalue weighted by atomic mass is 9.89. The van der Waals surface area contributed by atoms with Crippen molar-refractivity contribution in [2.75, 3.05) is 6.54 Å². The number of benzene rings is 2. The summed E-state index contributed by atoms with van der Waals surface area (Å²) in [4.78, 5) is 24.3. The molecule has 0 radical (unpaired) electrons. The number of nitrogens with one attached hydrogen (secondary N) is 1. The van der Waals surface area contributed by atoms with Crippen molar-refractivity contribution in [2.24, 2.45) is 0 Å². The van der Waals surface area contributed by atoms with Crippen LogP contribution in [-0.4, -0.2) is 18.2 Å². The van der Waals surface area contributed by atoms with E-state index in [-0.39, 0.29) is 31.1 Å². The minimum atomic E-state index is -0.632. The van der Waals surface area contributed by atoms with Crippen molar-refractivity contribution in [3.05, 3.63) is 70.3 Å². The molecule has 1 amide bonds. The molecule has 5 heteroatoms. The van der Waals surface area contributed by atoms with Crippen LogP contribution in [0.4, 0.5) is 8.78 Å². The van der Waals surface area contributed by atoms with E-state index in [4.69, 9.17) is 0 Å². The molecule has 2 aromatic carbocycles. The molecule has 0 saturated heterocycles. The molecule has 0 unspecified atom stereocenters. The largest absolute Gasteiger partial charge is 0.356 e. The zero-order chi connectivity index (χ0) is 19.2. The molecule has 0 atom stereocenters. The van der Waals surface area contributed by atoms with Crippen LogP contribution < -0.4 is 5.32 Å². The van der Waals surface area contributed by atoms with Gasteiger partial charge in [-0.05, 0) is 67.0 Å². The van der Waals surface area contributed by atoms with E-state index in [0.29, 0.717) is 17.5 Å². The summed E-state index contributed by atoms with van der Waals surface area (Å²) in [6.07, 6.45) is 5.02. The van der Waals surface area contributed by atoms with E-state index in [2.05, 4.69) is 5.32 Å². The van der Waals surface area contributed by atoms with Crippen molar-refractivity contribution < 1.29 is 18.4 Å². The summed E-state index contributed by atoms with van der Waals surface area (Å²) in [6, 6.07) is 9.15. The Morgan fingerprint density at radius 1 is 0.889 bits per heavy atom. The number of fused-ring (bicyclic) bond motifs is 1. The molecule has 1 aliphatic rings. The number of ketones is 1. The first-order chi connectivity index (χ1) is 13.0. The number of rotatable bonds is 7. The molecule has 0 heterocycles. The number of aryl methyl sites for hydroxylation is 2. The SMILES string of the molecule is O=C(CCC(=O)c1ccc2c(c1)CCCC2)NCCc1cc(F)cc(F)c1. The summed E-state index contributed by atoms with van der Waals surface area (Å²) in [5, 5.41) is 2.69. The zero-order valence-electron chi connectivity index (χ0n) is 15.2. The second-order valence-corrected chi connectivity index (χ2v) is 6.99. The van der Waals surface area contributed by atoms with Crippen LogP contribution in [0.15, 0.2) is 36.4 Å². The number of halogens is 2. The predicted molar refractivity (Wildman–Crippen MR) is 99.7 cm³/mol. The monoisotopic (exact) mass is 371 g/mol. The van der Waals surface area contributed by atoms with Crippen LogP contribution in [0.3, 0.4) is 0 Å². The third-order valence-corrected chi connectivity index (χ3v) is 4.91. The molecule has 0 aromatic heterocycles. The van der Waals surface area contributed by atoms with Gasteiger partial charge in [-0.25, -0.2) is 8.78 Å². The molecule has 1 N–H and O–H groups in total. The zero-order valence-corrected chi connectivity index (χ0v) is 15.2. The van der Waals surface area contributed by atoms with Gasteiger partial charge >= 0.3 is 0 Å². The average molecular weight is 371 g/mol. The van der Waals surface area contributed by atoms with E-state index in [0.717, 1.165) is 25.3 Å². The first-order valence-corrected chi connectivity index (χ1v) is 9.38. The maximum Gasteiger partial charge on any atom is 0.220 e. The van der Waals surface area contributed by atoms with E-state index in [1.165, 1.54) is 29.7 Å². The summed E-state index contributed by atoms with van der Waals surface area (Å²) >= 11 is 0. The molecular weight excluding hydrogens is 348 g/mol. The fraction of sp³-hybridized carbons (Fsp3) is 0.364. The topological polar surface area (TPSA) is 46.2 Å². The van der Waals surface area contributed by atoms with Gasteiger partial charge in [-0.2, -0.15) is 0 Å². The highest BCUT2D eigenvalue weighted by atomic mass is 19.1. The van der Waals surface area contributed by atoms with Gasteiger partial charge in [-0.1, -0.05) is 12.1 Å². The van der Waals surface area contributed by atoms with Gasteiger partial charge in [0.15, 0.2) is 5.78 Å². The van der Waals surface area contributed by atoms with Gasteiger partial charge in [0.05, 0.1) is 0 Å². The average Bonchev–Trinajstić information content (AvgIpc) is 2.65. The lowest BCUT2D eigenvalue weighted by Gasteiger charge is -2.16. The van der Waals surface area contributed by atoms with Crippen LogP contribution in [0, 0.1) is 11.6 Å². The van der Waals surface area contributed by atoms with E-state index < -0.39 is 11.6 Å². The third-order valence-electron chi connectivity index (χ3n) is 4.91. The quantitative estimate of drug-likeness (QED) is 0.743. The van der Waals surface area contributed by atoms with Crippen molar-refractivity contribution in [2.45, 2.75) is 44.9 Å². The van der Waals surface area contributed by atoms with E-state index >= 15 is 0 Å². The van der Waals surface area contributed by atoms with Gasteiger partial charge < -0.3 is 5.32 Å². The highest BCUT2D eigenvalue weighted by Gasteiger charge is 2.14. The molecule has 142 valence electrons. The number of amides is 1. The second kappa shape index (κ2) is 8.89. The number of carbonyl (C=O) groups excluding carboxylic acids is 2. The Morgan fingerprint density at radius 2 is 1.59 bits per heavy atom. The van der Waals surface area contributed by atoms with Gasteiger partial charge in [0.2, 0.25) is 5.91 Å². The minimum Gasteiger partial charge on any atom is -0.356 e. The summed E-state index contributed by atoms with van der Waals surface area (Å²) in [7, 11) is 0. The molecule has 2 aromatic rings. The van der Waals surface area contributed by atoms with Gasteiger partial charge in [-0.15, -0.1) is 0 Å². The van der Waals surface area contributed by atoms with Crippen molar-refractivity contribution in [3.63, 3.8) is 0 Å². The molecule has 0 aliphatic heterocycles. The van der Waals surface area contributed by atoms with Crippen LogP contribution in [-0.2, 0) is 24.1 Å². The standard InChI is InChI=1S/C22H23F2NO2/c23-19-11-15(12-20(24)14-19)9-10-25-22(27)8-7-21(26)18-6-5-16-3-1-2-4-17(16)13-18/h5-6,11-14H,1-4,7-10H2,(H,25,27). The Bertz CT molecular complexity index is 828. The number of hydrogen-bond donors (Lipinski definition) is 1. The Balaban J connectivity index is 1.44. The Kier molecular flexibility index (Phi) is 6.32. The maximum absolute atomic E-state index is 13.1. The van der Waals surface area contributed by atoms with Gasteiger partial charge in [0.1, 0.15) is 11.6 Å². The first kappa shape index (κ1) is 19.2. The molecule has 3 nitrogen and oxygen atoms in total. The molecule has 0 fully saturated rings. The van der Waals surface area contributed by atoms with Crippen LogP contribution >= 0.6 is 0 Å². The Hall–Kier alpha value is -2.56. The molecule has 3 rings (SSSR count). The smallest absolute Gasteiger partial charge is 0.220 e. The molecule has 0 saturated carbocycles. The van der Waals surface area contributed by atoms with E-state index in [9.17, 15) is 18.4 Å². The molecule has 0 spiro atoms. The van der Waals surface area contributed by atoms with Crippen LogP contribution in [0.2, 0.25) is 0 Å². The number of carbonyl (C=O) groups is 2. The Morgan fingerprint density at radius 3 is 2.33 bits per heavy atom. The van der Waals surface area contributed by atoms with Crippen molar-refractivity contribution in [3.8, 4) is 0 Å². The molecule has 0 bridgehead atoms. The van der Waals surface area contributed by atoms with Gasteiger partial charge in [0, 0.05) is 31.0 Å². The lowest BCUT2D eigenvalue weighted by molar-refractivity contribution is -0.121. The fourth-order valence-electron chi connectivity index (χ4n) is 3.47. The van der Waals surface area contributed by atoms with Crippen molar-refractivity contribution in [1.29, 1.82) is 0 Å². The summed E-state index contributed by atoms with van der Waals surface area (Å²) in [5.41, 5.74) is 3.72. The highest BCUT2D eigenvalue weighted by Crippen LogP contribution is 2.23. The maximum atomic E-state index is 13.1. The number of Topliss-reactive ketones (excluding diaryl/α,β-unsaturated/α-hetero) is 1. The van der Waals surface area contributed by atoms with Crippen molar-refractivity contribution >= 4 is 11.7 Å². The highest BCUT2D eigenvalue weighted by molar-refractivity contribution is 5.98. The third kappa shape index (κ3) is 5.46. The fourth-order valence-corrected chi connectivity index (χ4v) is 3.47. The lowest BCUT2D eigenvalue weighted by Crippen LogP contribution is -2.26.